The average molecular weight is 273 g/mol. The molecule has 0 fully saturated rings. The summed E-state index contributed by atoms with van der Waals surface area (Å²) in [5.74, 6) is 0.149. The van der Waals surface area contributed by atoms with Crippen molar-refractivity contribution < 1.29 is 4.79 Å². The molecule has 0 aromatic carbocycles. The third-order valence-electron chi connectivity index (χ3n) is 3.78. The normalized spacial score (nSPS) is 11.7. The van der Waals surface area contributed by atoms with Gasteiger partial charge in [0.05, 0.1) is 5.69 Å². The van der Waals surface area contributed by atoms with Crippen molar-refractivity contribution in [1.29, 1.82) is 0 Å². The van der Waals surface area contributed by atoms with Gasteiger partial charge in [-0.15, -0.1) is 0 Å². The van der Waals surface area contributed by atoms with Crippen molar-refractivity contribution in [3.05, 3.63) is 29.7 Å². The Hall–Kier alpha value is -1.68. The number of nitrogens with zero attached hydrogens (tertiary/aromatic N) is 2. The number of Topliss-reactive ketones (excluding diaryl/α,β-unsaturated/α-hetero) is 1. The quantitative estimate of drug-likeness (QED) is 0.880. The Morgan fingerprint density at radius 1 is 1.45 bits per heavy atom. The Labute approximate surface area is 120 Å². The number of aromatic nitrogens is 2. The molecule has 108 valence electrons. The number of likely N-dealkylation sites (N-methyl/N-ethyl adjacent to an activating group) is 1. The summed E-state index contributed by atoms with van der Waals surface area (Å²) >= 11 is 0. The summed E-state index contributed by atoms with van der Waals surface area (Å²) in [6.07, 6.45) is 5.18. The molecule has 0 atom stereocenters. The number of nitrogens with one attached hydrogen (secondary N) is 1. The van der Waals surface area contributed by atoms with Gasteiger partial charge >= 0.3 is 0 Å². The van der Waals surface area contributed by atoms with Gasteiger partial charge in [0.2, 0.25) is 0 Å². The van der Waals surface area contributed by atoms with Crippen LogP contribution >= 0.6 is 0 Å². The Morgan fingerprint density at radius 3 is 2.85 bits per heavy atom. The van der Waals surface area contributed by atoms with E-state index in [9.17, 15) is 4.79 Å². The molecular formula is C16H23N3O. The highest BCUT2D eigenvalue weighted by molar-refractivity contribution is 5.89. The van der Waals surface area contributed by atoms with Crippen LogP contribution in [0.2, 0.25) is 0 Å². The van der Waals surface area contributed by atoms with E-state index in [2.05, 4.69) is 35.8 Å². The lowest BCUT2D eigenvalue weighted by atomic mass is 10.1. The molecule has 0 unspecified atom stereocenters. The second-order valence-corrected chi connectivity index (χ2v) is 5.70. The van der Waals surface area contributed by atoms with Gasteiger partial charge in [-0.25, -0.2) is 0 Å². The lowest BCUT2D eigenvalue weighted by Gasteiger charge is -2.20. The molecule has 0 saturated heterocycles. The minimum atomic E-state index is 0.149. The third-order valence-corrected chi connectivity index (χ3v) is 3.78. The number of fused-ring (bicyclic) bond motifs is 1. The van der Waals surface area contributed by atoms with E-state index in [1.165, 1.54) is 5.56 Å². The molecule has 2 aromatic rings. The van der Waals surface area contributed by atoms with E-state index in [4.69, 9.17) is 0 Å². The first-order valence-electron chi connectivity index (χ1n) is 7.12. The number of carbonyl (C=O) groups excluding carboxylic acids is 1. The minimum Gasteiger partial charge on any atom is -0.361 e. The van der Waals surface area contributed by atoms with Crippen molar-refractivity contribution in [1.82, 2.24) is 14.9 Å². The van der Waals surface area contributed by atoms with E-state index >= 15 is 0 Å². The van der Waals surface area contributed by atoms with Crippen LogP contribution in [0.1, 0.15) is 32.0 Å². The van der Waals surface area contributed by atoms with Crippen LogP contribution in [0.5, 0.6) is 0 Å². The molecule has 0 saturated carbocycles. The van der Waals surface area contributed by atoms with Gasteiger partial charge in [0.15, 0.2) is 0 Å². The molecule has 4 nitrogen and oxygen atoms in total. The van der Waals surface area contributed by atoms with Crippen molar-refractivity contribution in [2.75, 3.05) is 13.6 Å². The average Bonchev–Trinajstić information content (AvgIpc) is 2.79. The Morgan fingerprint density at radius 2 is 2.20 bits per heavy atom. The highest BCUT2D eigenvalue weighted by Gasteiger charge is 2.12. The molecule has 2 aromatic heterocycles. The molecule has 0 bridgehead atoms. The summed E-state index contributed by atoms with van der Waals surface area (Å²) in [7, 11) is 2.13. The van der Waals surface area contributed by atoms with E-state index in [1.54, 1.807) is 13.1 Å². The molecule has 2 heterocycles. The highest BCUT2D eigenvalue weighted by Crippen LogP contribution is 2.22. The lowest BCUT2D eigenvalue weighted by molar-refractivity contribution is -0.116. The molecule has 20 heavy (non-hydrogen) atoms. The van der Waals surface area contributed by atoms with Crippen molar-refractivity contribution in [2.45, 2.75) is 39.7 Å². The number of hydrogen-bond acceptors (Lipinski definition) is 3. The van der Waals surface area contributed by atoms with Gasteiger partial charge in [-0.05, 0) is 45.9 Å². The third kappa shape index (κ3) is 3.25. The molecule has 1 N–H and O–H groups in total. The van der Waals surface area contributed by atoms with Crippen LogP contribution in [0.3, 0.4) is 0 Å². The summed E-state index contributed by atoms with van der Waals surface area (Å²) in [6.45, 7) is 6.99. The van der Waals surface area contributed by atoms with E-state index < -0.39 is 0 Å². The first-order valence-corrected chi connectivity index (χ1v) is 7.12. The highest BCUT2D eigenvalue weighted by atomic mass is 16.1. The minimum absolute atomic E-state index is 0.149. The maximum atomic E-state index is 11.4. The Bertz CT molecular complexity index is 601. The van der Waals surface area contributed by atoms with Gasteiger partial charge in [0, 0.05) is 42.3 Å². The van der Waals surface area contributed by atoms with E-state index in [-0.39, 0.29) is 5.78 Å². The number of carbonyl (C=O) groups is 1. The maximum Gasteiger partial charge on any atom is 0.135 e. The van der Waals surface area contributed by atoms with Crippen molar-refractivity contribution in [3.63, 3.8) is 0 Å². The van der Waals surface area contributed by atoms with Gasteiger partial charge in [0.25, 0.3) is 0 Å². The standard InChI is InChI=1S/C16H23N3O/c1-11(2)19(4)8-6-13-10-18-14-5-7-17-15(16(13)14)9-12(3)20/h5,7,10-11,18H,6,8-9H2,1-4H3. The number of pyridine rings is 1. The van der Waals surface area contributed by atoms with Gasteiger partial charge in [-0.3, -0.25) is 9.78 Å². The zero-order valence-corrected chi connectivity index (χ0v) is 12.7. The Kier molecular flexibility index (Phi) is 4.55. The van der Waals surface area contributed by atoms with Crippen LogP contribution in [0, 0.1) is 0 Å². The summed E-state index contributed by atoms with van der Waals surface area (Å²) in [6, 6.07) is 2.50. The summed E-state index contributed by atoms with van der Waals surface area (Å²) < 4.78 is 0. The number of H-pyrrole nitrogens is 1. The molecule has 0 aliphatic heterocycles. The number of rotatable bonds is 6. The van der Waals surface area contributed by atoms with Crippen molar-refractivity contribution >= 4 is 16.7 Å². The summed E-state index contributed by atoms with van der Waals surface area (Å²) in [4.78, 5) is 21.4. The van der Waals surface area contributed by atoms with E-state index in [1.807, 2.05) is 12.3 Å². The molecule has 0 aliphatic carbocycles. The summed E-state index contributed by atoms with van der Waals surface area (Å²) in [5.41, 5.74) is 3.20. The summed E-state index contributed by atoms with van der Waals surface area (Å²) in [5, 5.41) is 1.12. The number of ketones is 1. The maximum absolute atomic E-state index is 11.4. The Balaban J connectivity index is 2.27. The SMILES string of the molecule is CC(=O)Cc1nccc2[nH]cc(CCN(C)C(C)C)c12. The zero-order valence-electron chi connectivity index (χ0n) is 12.7. The van der Waals surface area contributed by atoms with Gasteiger partial charge in [-0.1, -0.05) is 0 Å². The number of hydrogen-bond donors (Lipinski definition) is 1. The van der Waals surface area contributed by atoms with Crippen LogP contribution < -0.4 is 0 Å². The van der Waals surface area contributed by atoms with Crippen LogP contribution in [-0.2, 0) is 17.6 Å². The lowest BCUT2D eigenvalue weighted by Crippen LogP contribution is -2.28. The first kappa shape index (κ1) is 14.7. The molecule has 0 radical (unpaired) electrons. The molecule has 4 heteroatoms. The monoisotopic (exact) mass is 273 g/mol. The second-order valence-electron chi connectivity index (χ2n) is 5.70. The first-order chi connectivity index (χ1) is 9.49. The molecule has 2 rings (SSSR count). The van der Waals surface area contributed by atoms with E-state index in [0.29, 0.717) is 12.5 Å². The van der Waals surface area contributed by atoms with Crippen molar-refractivity contribution in [3.8, 4) is 0 Å². The molecule has 0 spiro atoms. The molecule has 0 aliphatic rings. The van der Waals surface area contributed by atoms with Crippen LogP contribution in [0.25, 0.3) is 10.9 Å². The van der Waals surface area contributed by atoms with E-state index in [0.717, 1.165) is 29.6 Å². The van der Waals surface area contributed by atoms with Gasteiger partial charge in [-0.2, -0.15) is 0 Å². The fourth-order valence-corrected chi connectivity index (χ4v) is 2.34. The molecular weight excluding hydrogens is 250 g/mol. The fraction of sp³-hybridized carbons (Fsp3) is 0.500. The largest absolute Gasteiger partial charge is 0.361 e. The fourth-order valence-electron chi connectivity index (χ4n) is 2.34. The van der Waals surface area contributed by atoms with Crippen LogP contribution in [0.4, 0.5) is 0 Å². The molecule has 0 amide bonds. The van der Waals surface area contributed by atoms with Gasteiger partial charge < -0.3 is 9.88 Å². The van der Waals surface area contributed by atoms with Crippen LogP contribution in [0.15, 0.2) is 18.5 Å². The smallest absolute Gasteiger partial charge is 0.135 e. The predicted molar refractivity (Wildman–Crippen MR) is 81.9 cm³/mol. The van der Waals surface area contributed by atoms with Gasteiger partial charge in [0.1, 0.15) is 5.78 Å². The number of aromatic amines is 1. The van der Waals surface area contributed by atoms with Crippen molar-refractivity contribution in [2.24, 2.45) is 0 Å². The topological polar surface area (TPSA) is 49.0 Å². The van der Waals surface area contributed by atoms with Crippen LogP contribution in [-0.4, -0.2) is 40.3 Å². The predicted octanol–water partition coefficient (Wildman–Crippen LogP) is 2.58. The zero-order chi connectivity index (χ0) is 14.7. The second kappa shape index (κ2) is 6.18.